The molecule has 0 saturated carbocycles. The number of hydrogen-bond donors (Lipinski definition) is 2. The van der Waals surface area contributed by atoms with Crippen LogP contribution in [-0.4, -0.2) is 62.1 Å². The van der Waals surface area contributed by atoms with Crippen molar-refractivity contribution in [3.63, 3.8) is 0 Å². The second kappa shape index (κ2) is 15.8. The van der Waals surface area contributed by atoms with Crippen molar-refractivity contribution in [1.82, 2.24) is 0 Å². The molecular weight excluding hydrogens is 740 g/mol. The van der Waals surface area contributed by atoms with Crippen molar-refractivity contribution in [2.24, 2.45) is 0 Å². The van der Waals surface area contributed by atoms with Crippen LogP contribution in [0.4, 0.5) is 0 Å². The van der Waals surface area contributed by atoms with Crippen molar-refractivity contribution in [2.45, 2.75) is 31.5 Å². The normalized spacial score (nSPS) is 13.2. The lowest BCUT2D eigenvalue weighted by atomic mass is 9.78. The third kappa shape index (κ3) is 9.76. The Hall–Kier alpha value is -0.720. The Labute approximate surface area is 252 Å². The monoisotopic (exact) mass is 768 g/mol. The summed E-state index contributed by atoms with van der Waals surface area (Å²) in [5, 5.41) is 20.2. The van der Waals surface area contributed by atoms with Gasteiger partial charge in [-0.25, -0.2) is 0 Å². The van der Waals surface area contributed by atoms with E-state index < -0.39 is 12.2 Å². The molecule has 0 aromatic heterocycles. The van der Waals surface area contributed by atoms with Gasteiger partial charge in [-0.1, -0.05) is 26.0 Å². The molecule has 0 fully saturated rings. The molecule has 2 aromatic carbocycles. The Morgan fingerprint density at radius 3 is 1.32 bits per heavy atom. The number of ether oxygens (including phenoxy) is 4. The minimum Gasteiger partial charge on any atom is -0.488 e. The number of halogens is 4. The van der Waals surface area contributed by atoms with E-state index in [1.54, 1.807) is 12.2 Å². The molecule has 10 heteroatoms. The second-order valence-corrected chi connectivity index (χ2v) is 12.2. The molecule has 0 aliphatic heterocycles. The van der Waals surface area contributed by atoms with Gasteiger partial charge in [0.15, 0.2) is 0 Å². The molecule has 0 radical (unpaired) electrons. The highest BCUT2D eigenvalue weighted by Gasteiger charge is 2.27. The summed E-state index contributed by atoms with van der Waals surface area (Å²) in [4.78, 5) is 0. The van der Waals surface area contributed by atoms with Crippen LogP contribution in [0.3, 0.4) is 0 Å². The van der Waals surface area contributed by atoms with Gasteiger partial charge < -0.3 is 29.2 Å². The number of aliphatic hydroxyl groups excluding tert-OH is 2. The topological polar surface area (TPSA) is 77.4 Å². The summed E-state index contributed by atoms with van der Waals surface area (Å²) in [6.07, 6.45) is 1.74. The van der Waals surface area contributed by atoms with E-state index in [0.717, 1.165) is 29.0 Å². The van der Waals surface area contributed by atoms with E-state index in [1.807, 2.05) is 24.3 Å². The quantitative estimate of drug-likeness (QED) is 0.142. The zero-order valence-electron chi connectivity index (χ0n) is 20.8. The first-order chi connectivity index (χ1) is 17.5. The van der Waals surface area contributed by atoms with Crippen molar-refractivity contribution in [3.8, 4) is 11.5 Å². The van der Waals surface area contributed by atoms with Crippen LogP contribution >= 0.6 is 63.7 Å². The van der Waals surface area contributed by atoms with Gasteiger partial charge in [0.1, 0.15) is 36.9 Å². The van der Waals surface area contributed by atoms with E-state index in [0.29, 0.717) is 24.7 Å². The molecule has 0 aliphatic carbocycles. The maximum atomic E-state index is 10.1. The van der Waals surface area contributed by atoms with E-state index in [4.69, 9.17) is 18.9 Å². The molecule has 204 valence electrons. The Balaban J connectivity index is 2.17. The van der Waals surface area contributed by atoms with Crippen LogP contribution in [-0.2, 0) is 14.9 Å². The van der Waals surface area contributed by atoms with Gasteiger partial charge in [-0.15, -0.1) is 13.2 Å². The van der Waals surface area contributed by atoms with E-state index >= 15 is 0 Å². The third-order valence-electron chi connectivity index (χ3n) is 5.37. The Morgan fingerprint density at radius 2 is 1.03 bits per heavy atom. The fraction of sp³-hybridized carbons (Fsp3) is 0.407. The average Bonchev–Trinajstić information content (AvgIpc) is 2.83. The summed E-state index contributed by atoms with van der Waals surface area (Å²) in [7, 11) is 0. The van der Waals surface area contributed by atoms with Crippen LogP contribution < -0.4 is 9.47 Å². The standard InChI is InChI=1S/C27H32Br4O6/c1-5-7-34-13-19(32)15-36-25-21(28)9-17(10-22(25)29)27(3,4)18-11-23(30)26(24(31)12-18)37-16-20(33)14-35-8-6-2/h5-6,9-12,19-20,32-33H,1-2,7-8,13-16H2,3-4H3. The van der Waals surface area contributed by atoms with Gasteiger partial charge in [-0.2, -0.15) is 0 Å². The summed E-state index contributed by atoms with van der Waals surface area (Å²) in [6, 6.07) is 8.03. The SMILES string of the molecule is C=CCOCC(O)COc1c(Br)cc(C(C)(C)c2cc(Br)c(OCC(O)COCC=C)c(Br)c2)cc1Br. The molecule has 2 aromatic rings. The van der Waals surface area contributed by atoms with Crippen molar-refractivity contribution < 1.29 is 29.2 Å². The van der Waals surface area contributed by atoms with Gasteiger partial charge in [-0.05, 0) is 99.1 Å². The summed E-state index contributed by atoms with van der Waals surface area (Å²) in [5.41, 5.74) is 1.69. The molecule has 0 saturated heterocycles. The van der Waals surface area contributed by atoms with Crippen LogP contribution in [0.25, 0.3) is 0 Å². The van der Waals surface area contributed by atoms with E-state index in [-0.39, 0.29) is 31.8 Å². The second-order valence-electron chi connectivity index (χ2n) is 8.74. The zero-order valence-corrected chi connectivity index (χ0v) is 27.2. The average molecular weight is 772 g/mol. The van der Waals surface area contributed by atoms with E-state index in [9.17, 15) is 10.2 Å². The van der Waals surface area contributed by atoms with Crippen molar-refractivity contribution in [1.29, 1.82) is 0 Å². The Kier molecular flexibility index (Phi) is 13.8. The highest BCUT2D eigenvalue weighted by Crippen LogP contribution is 2.44. The lowest BCUT2D eigenvalue weighted by Gasteiger charge is -2.28. The molecule has 2 atom stereocenters. The first-order valence-corrected chi connectivity index (χ1v) is 14.7. The van der Waals surface area contributed by atoms with Crippen LogP contribution in [0.1, 0.15) is 25.0 Å². The van der Waals surface area contributed by atoms with Gasteiger partial charge in [0.2, 0.25) is 0 Å². The molecule has 0 amide bonds. The predicted molar refractivity (Wildman–Crippen MR) is 161 cm³/mol. The number of benzene rings is 2. The van der Waals surface area contributed by atoms with Gasteiger partial charge >= 0.3 is 0 Å². The van der Waals surface area contributed by atoms with Crippen molar-refractivity contribution >= 4 is 63.7 Å². The number of aliphatic hydroxyl groups is 2. The minimum atomic E-state index is -0.758. The molecule has 2 unspecified atom stereocenters. The molecule has 0 heterocycles. The molecule has 2 N–H and O–H groups in total. The maximum absolute atomic E-state index is 10.1. The molecule has 0 bridgehead atoms. The van der Waals surface area contributed by atoms with Gasteiger partial charge in [-0.3, -0.25) is 0 Å². The first kappa shape index (κ1) is 32.5. The predicted octanol–water partition coefficient (Wildman–Crippen LogP) is 6.95. The molecule has 6 nitrogen and oxygen atoms in total. The fourth-order valence-corrected chi connectivity index (χ4v) is 6.14. The lowest BCUT2D eigenvalue weighted by molar-refractivity contribution is 0.0210. The lowest BCUT2D eigenvalue weighted by Crippen LogP contribution is -2.24. The first-order valence-electron chi connectivity index (χ1n) is 11.5. The van der Waals surface area contributed by atoms with Crippen molar-refractivity contribution in [3.05, 3.63) is 78.6 Å². The van der Waals surface area contributed by atoms with E-state index in [1.165, 1.54) is 0 Å². The van der Waals surface area contributed by atoms with E-state index in [2.05, 4.69) is 90.7 Å². The largest absolute Gasteiger partial charge is 0.488 e. The Morgan fingerprint density at radius 1 is 0.703 bits per heavy atom. The number of hydrogen-bond acceptors (Lipinski definition) is 6. The molecular formula is C27H32Br4O6. The molecule has 37 heavy (non-hydrogen) atoms. The van der Waals surface area contributed by atoms with Crippen LogP contribution in [0.5, 0.6) is 11.5 Å². The fourth-order valence-electron chi connectivity index (χ4n) is 3.31. The highest BCUT2D eigenvalue weighted by molar-refractivity contribution is 9.11. The number of rotatable bonds is 16. The van der Waals surface area contributed by atoms with Gasteiger partial charge in [0, 0.05) is 5.41 Å². The summed E-state index contributed by atoms with van der Waals surface area (Å²) >= 11 is 14.5. The highest BCUT2D eigenvalue weighted by atomic mass is 79.9. The van der Waals surface area contributed by atoms with Gasteiger partial charge in [0.25, 0.3) is 0 Å². The molecule has 0 aliphatic rings. The molecule has 0 spiro atoms. The van der Waals surface area contributed by atoms with Crippen molar-refractivity contribution in [2.75, 3.05) is 39.6 Å². The zero-order chi connectivity index (χ0) is 27.6. The minimum absolute atomic E-state index is 0.0908. The summed E-state index contributed by atoms with van der Waals surface area (Å²) in [6.45, 7) is 12.7. The van der Waals surface area contributed by atoms with Gasteiger partial charge in [0.05, 0.1) is 44.3 Å². The van der Waals surface area contributed by atoms with Crippen LogP contribution in [0.15, 0.2) is 67.5 Å². The smallest absolute Gasteiger partial charge is 0.147 e. The van der Waals surface area contributed by atoms with Crippen LogP contribution in [0, 0.1) is 0 Å². The maximum Gasteiger partial charge on any atom is 0.147 e. The Bertz CT molecular complexity index is 932. The van der Waals surface area contributed by atoms with Crippen LogP contribution in [0.2, 0.25) is 0 Å². The molecule has 2 rings (SSSR count). The summed E-state index contributed by atoms with van der Waals surface area (Å²) < 4.78 is 25.3. The third-order valence-corrected chi connectivity index (χ3v) is 7.73. The summed E-state index contributed by atoms with van der Waals surface area (Å²) in [5.74, 6) is 1.20.